The largest absolute Gasteiger partial charge is 0.496 e. The van der Waals surface area contributed by atoms with E-state index in [1.54, 1.807) is 48.1 Å². The second-order valence-corrected chi connectivity index (χ2v) is 8.97. The summed E-state index contributed by atoms with van der Waals surface area (Å²) in [6.07, 6.45) is 2.42. The minimum absolute atomic E-state index is 0.202. The fourth-order valence-electron chi connectivity index (χ4n) is 4.10. The van der Waals surface area contributed by atoms with Gasteiger partial charge in [-0.3, -0.25) is 14.3 Å². The van der Waals surface area contributed by atoms with Gasteiger partial charge in [-0.2, -0.15) is 5.10 Å². The third-order valence-electron chi connectivity index (χ3n) is 6.09. The summed E-state index contributed by atoms with van der Waals surface area (Å²) in [5.74, 6) is 1.24. The Morgan fingerprint density at radius 1 is 1.27 bits per heavy atom. The van der Waals surface area contributed by atoms with Gasteiger partial charge in [0.05, 0.1) is 26.5 Å². The van der Waals surface area contributed by atoms with Gasteiger partial charge in [0.15, 0.2) is 5.76 Å². The van der Waals surface area contributed by atoms with Crippen molar-refractivity contribution in [1.82, 2.24) is 20.0 Å². The number of fused-ring (bicyclic) bond motifs is 1. The molecule has 2 aromatic heterocycles. The molecule has 8 nitrogen and oxygen atoms in total. The summed E-state index contributed by atoms with van der Waals surface area (Å²) >= 11 is 0. The fraction of sp³-hybridized carbons (Fsp3) is 0.400. The Hall–Kier alpha value is -3.55. The molecule has 33 heavy (non-hydrogen) atoms. The van der Waals surface area contributed by atoms with Crippen molar-refractivity contribution < 1.29 is 18.7 Å². The zero-order chi connectivity index (χ0) is 23.6. The van der Waals surface area contributed by atoms with Crippen molar-refractivity contribution >= 4 is 11.8 Å². The van der Waals surface area contributed by atoms with Crippen LogP contribution in [0.15, 0.2) is 53.1 Å². The maximum atomic E-state index is 13.7. The molecule has 0 radical (unpaired) electrons. The van der Waals surface area contributed by atoms with Crippen LogP contribution in [0.5, 0.6) is 5.75 Å². The lowest BCUT2D eigenvalue weighted by molar-refractivity contribution is -0.133. The minimum atomic E-state index is -1.13. The summed E-state index contributed by atoms with van der Waals surface area (Å²) in [4.78, 5) is 28.8. The highest BCUT2D eigenvalue weighted by molar-refractivity contribution is 6.00. The normalized spacial score (nSPS) is 17.8. The monoisotopic (exact) mass is 450 g/mol. The number of hydrogen-bond acceptors (Lipinski definition) is 5. The molecular weight excluding hydrogens is 420 g/mol. The van der Waals surface area contributed by atoms with Gasteiger partial charge in [-0.05, 0) is 37.5 Å². The second kappa shape index (κ2) is 9.13. The summed E-state index contributed by atoms with van der Waals surface area (Å²) in [5, 5.41) is 7.61. The molecule has 4 rings (SSSR count). The fourth-order valence-corrected chi connectivity index (χ4v) is 4.10. The minimum Gasteiger partial charge on any atom is -0.496 e. The zero-order valence-electron chi connectivity index (χ0n) is 19.5. The first-order valence-electron chi connectivity index (χ1n) is 11.2. The maximum Gasteiger partial charge on any atom is 0.273 e. The van der Waals surface area contributed by atoms with E-state index in [0.29, 0.717) is 35.4 Å². The van der Waals surface area contributed by atoms with Crippen molar-refractivity contribution in [2.45, 2.75) is 45.8 Å². The maximum absolute atomic E-state index is 13.7. The standard InChI is InChI=1S/C25H30N4O4/c1-17(2)11-12-26-24(31)25(3)16-29-20(14-19(27-29)22-10-7-13-33-22)23(30)28(25)15-18-8-5-6-9-21(18)32-4/h5-10,13-14,17H,11-12,15-16H2,1-4H3,(H,26,31). The molecule has 0 bridgehead atoms. The molecule has 174 valence electrons. The van der Waals surface area contributed by atoms with E-state index in [1.165, 1.54) is 0 Å². The van der Waals surface area contributed by atoms with Crippen molar-refractivity contribution in [1.29, 1.82) is 0 Å². The number of aromatic nitrogens is 2. The van der Waals surface area contributed by atoms with Crippen LogP contribution in [0.25, 0.3) is 11.5 Å². The van der Waals surface area contributed by atoms with E-state index in [2.05, 4.69) is 24.3 Å². The summed E-state index contributed by atoms with van der Waals surface area (Å²) in [6.45, 7) is 7.03. The number of carbonyl (C=O) groups excluding carboxylic acids is 2. The number of nitrogens with one attached hydrogen (secondary N) is 1. The molecule has 1 aliphatic heterocycles. The SMILES string of the molecule is COc1ccccc1CN1C(=O)c2cc(-c3ccco3)nn2CC1(C)C(=O)NCCC(C)C. The summed E-state index contributed by atoms with van der Waals surface area (Å²) in [6, 6.07) is 12.8. The molecule has 0 saturated carbocycles. The van der Waals surface area contributed by atoms with Gasteiger partial charge in [0, 0.05) is 18.2 Å². The Morgan fingerprint density at radius 2 is 2.06 bits per heavy atom. The third-order valence-corrected chi connectivity index (χ3v) is 6.09. The number of amides is 2. The first-order chi connectivity index (χ1) is 15.8. The van der Waals surface area contributed by atoms with E-state index >= 15 is 0 Å². The van der Waals surface area contributed by atoms with Crippen LogP contribution in [0.2, 0.25) is 0 Å². The van der Waals surface area contributed by atoms with Gasteiger partial charge in [-0.15, -0.1) is 0 Å². The molecule has 0 fully saturated rings. The molecule has 1 atom stereocenters. The lowest BCUT2D eigenvalue weighted by Crippen LogP contribution is -2.63. The number of hydrogen-bond donors (Lipinski definition) is 1. The summed E-state index contributed by atoms with van der Waals surface area (Å²) in [7, 11) is 1.60. The highest BCUT2D eigenvalue weighted by atomic mass is 16.5. The van der Waals surface area contributed by atoms with Crippen LogP contribution in [0.3, 0.4) is 0 Å². The Morgan fingerprint density at radius 3 is 2.76 bits per heavy atom. The summed E-state index contributed by atoms with van der Waals surface area (Å²) in [5.41, 5.74) is 0.677. The van der Waals surface area contributed by atoms with Crippen LogP contribution in [-0.2, 0) is 17.9 Å². The van der Waals surface area contributed by atoms with E-state index in [1.807, 2.05) is 24.3 Å². The lowest BCUT2D eigenvalue weighted by atomic mass is 9.93. The smallest absolute Gasteiger partial charge is 0.273 e. The van der Waals surface area contributed by atoms with E-state index < -0.39 is 5.54 Å². The van der Waals surface area contributed by atoms with Crippen molar-refractivity contribution in [3.8, 4) is 17.2 Å². The van der Waals surface area contributed by atoms with E-state index in [9.17, 15) is 9.59 Å². The molecular formula is C25H30N4O4. The molecule has 3 heterocycles. The van der Waals surface area contributed by atoms with Crippen molar-refractivity contribution in [3.63, 3.8) is 0 Å². The first kappa shape index (κ1) is 22.6. The Kier molecular flexibility index (Phi) is 6.26. The van der Waals surface area contributed by atoms with E-state index in [0.717, 1.165) is 12.0 Å². The van der Waals surface area contributed by atoms with Gasteiger partial charge in [-0.25, -0.2) is 0 Å². The topological polar surface area (TPSA) is 89.6 Å². The highest BCUT2D eigenvalue weighted by Gasteiger charge is 2.48. The van der Waals surface area contributed by atoms with E-state index in [4.69, 9.17) is 9.15 Å². The van der Waals surface area contributed by atoms with Gasteiger partial charge >= 0.3 is 0 Å². The summed E-state index contributed by atoms with van der Waals surface area (Å²) < 4.78 is 12.6. The van der Waals surface area contributed by atoms with Crippen LogP contribution in [0.1, 0.15) is 43.2 Å². The van der Waals surface area contributed by atoms with Gasteiger partial charge < -0.3 is 19.4 Å². The number of methoxy groups -OCH3 is 1. The van der Waals surface area contributed by atoms with Crippen molar-refractivity contribution in [2.75, 3.05) is 13.7 Å². The molecule has 1 aromatic carbocycles. The van der Waals surface area contributed by atoms with Crippen LogP contribution in [-0.4, -0.2) is 45.7 Å². The molecule has 1 N–H and O–H groups in total. The predicted molar refractivity (Wildman–Crippen MR) is 124 cm³/mol. The average Bonchev–Trinajstić information content (AvgIpc) is 3.46. The van der Waals surface area contributed by atoms with Crippen LogP contribution >= 0.6 is 0 Å². The van der Waals surface area contributed by atoms with Gasteiger partial charge in [0.1, 0.15) is 22.7 Å². The molecule has 0 aliphatic carbocycles. The number of carbonyl (C=O) groups is 2. The number of ether oxygens (including phenoxy) is 1. The third kappa shape index (κ3) is 4.37. The van der Waals surface area contributed by atoms with Crippen molar-refractivity contribution in [2.24, 2.45) is 5.92 Å². The Bertz CT molecular complexity index is 1140. The lowest BCUT2D eigenvalue weighted by Gasteiger charge is -2.43. The second-order valence-electron chi connectivity index (χ2n) is 8.97. The molecule has 1 aliphatic rings. The average molecular weight is 451 g/mol. The van der Waals surface area contributed by atoms with Crippen LogP contribution < -0.4 is 10.1 Å². The van der Waals surface area contributed by atoms with E-state index in [-0.39, 0.29) is 24.9 Å². The molecule has 0 spiro atoms. The van der Waals surface area contributed by atoms with Crippen LogP contribution in [0, 0.1) is 5.92 Å². The molecule has 3 aromatic rings. The first-order valence-corrected chi connectivity index (χ1v) is 11.2. The van der Waals surface area contributed by atoms with Crippen LogP contribution in [0.4, 0.5) is 0 Å². The molecule has 1 unspecified atom stereocenters. The number of nitrogens with zero attached hydrogens (tertiary/aromatic N) is 3. The molecule has 0 saturated heterocycles. The quantitative estimate of drug-likeness (QED) is 0.565. The van der Waals surface area contributed by atoms with Gasteiger partial charge in [-0.1, -0.05) is 32.0 Å². The number of benzene rings is 1. The molecule has 8 heteroatoms. The Labute approximate surface area is 193 Å². The van der Waals surface area contributed by atoms with Crippen molar-refractivity contribution in [3.05, 3.63) is 60.0 Å². The van der Waals surface area contributed by atoms with Gasteiger partial charge in [0.25, 0.3) is 5.91 Å². The number of furan rings is 1. The Balaban J connectivity index is 1.71. The number of para-hydroxylation sites is 1. The zero-order valence-corrected chi connectivity index (χ0v) is 19.5. The highest BCUT2D eigenvalue weighted by Crippen LogP contribution is 2.33. The molecule has 2 amide bonds. The van der Waals surface area contributed by atoms with Gasteiger partial charge in [0.2, 0.25) is 5.91 Å². The number of rotatable bonds is 8. The predicted octanol–water partition coefficient (Wildman–Crippen LogP) is 3.73.